The first kappa shape index (κ1) is 19.0. The second-order valence-corrected chi connectivity index (χ2v) is 10.7. The van der Waals surface area contributed by atoms with Crippen LogP contribution in [0.15, 0.2) is 0 Å². The van der Waals surface area contributed by atoms with Crippen LogP contribution in [-0.4, -0.2) is 75.1 Å². The van der Waals surface area contributed by atoms with Crippen molar-refractivity contribution in [2.24, 2.45) is 28.1 Å². The van der Waals surface area contributed by atoms with E-state index in [9.17, 15) is 29.7 Å². The Morgan fingerprint density at radius 2 is 1.70 bits per heavy atom. The maximum Gasteiger partial charge on any atom is 0.342 e. The summed E-state index contributed by atoms with van der Waals surface area (Å²) in [4.78, 5) is 38.2. The van der Waals surface area contributed by atoms with E-state index >= 15 is 0 Å². The van der Waals surface area contributed by atoms with Crippen LogP contribution in [-0.2, 0) is 33.3 Å². The summed E-state index contributed by atoms with van der Waals surface area (Å²) >= 11 is 0. The molecule has 4 saturated heterocycles. The summed E-state index contributed by atoms with van der Waals surface area (Å²) < 4.78 is 22.6. The van der Waals surface area contributed by atoms with Gasteiger partial charge in [0.2, 0.25) is 11.9 Å². The van der Waals surface area contributed by atoms with E-state index in [-0.39, 0.29) is 6.42 Å². The van der Waals surface area contributed by atoms with Gasteiger partial charge in [-0.15, -0.1) is 0 Å². The Kier molecular flexibility index (Phi) is 2.97. The quantitative estimate of drug-likeness (QED) is 0.314. The zero-order chi connectivity index (χ0) is 21.8. The minimum Gasteiger partial charge on any atom is -0.459 e. The van der Waals surface area contributed by atoms with Crippen LogP contribution in [0.25, 0.3) is 0 Å². The first-order valence-electron chi connectivity index (χ1n) is 10.2. The van der Waals surface area contributed by atoms with E-state index in [0.29, 0.717) is 0 Å². The summed E-state index contributed by atoms with van der Waals surface area (Å²) in [5.41, 5.74) is -7.95. The SMILES string of the molecule is C[C@@H]1C(=O)O[C@H]2C[C@]34[C@@H]5OC(=O)[C@]3(OC3OC(=O)[C@H](O)[C@@]34[C@H](C(C)(C)C)[C@H]5O)[C@]21O. The molecule has 0 radical (unpaired) electrons. The lowest BCUT2D eigenvalue weighted by molar-refractivity contribution is -0.239. The minimum absolute atomic E-state index is 0.107. The van der Waals surface area contributed by atoms with E-state index in [2.05, 4.69) is 0 Å². The molecule has 6 aliphatic rings. The highest BCUT2D eigenvalue weighted by Crippen LogP contribution is 2.84. The molecular formula is C20H24O10. The van der Waals surface area contributed by atoms with Crippen molar-refractivity contribution >= 4 is 17.9 Å². The van der Waals surface area contributed by atoms with Crippen LogP contribution in [0.4, 0.5) is 0 Å². The largest absolute Gasteiger partial charge is 0.459 e. The lowest BCUT2D eigenvalue weighted by Gasteiger charge is -2.46. The van der Waals surface area contributed by atoms with Gasteiger partial charge in [-0.25, -0.2) is 9.59 Å². The number of hydrogen-bond acceptors (Lipinski definition) is 10. The molecule has 2 saturated carbocycles. The minimum atomic E-state index is -2.12. The van der Waals surface area contributed by atoms with Gasteiger partial charge in [0.05, 0.1) is 22.9 Å². The lowest BCUT2D eigenvalue weighted by atomic mass is 9.51. The van der Waals surface area contributed by atoms with Crippen LogP contribution in [0.2, 0.25) is 0 Å². The number of carbonyl (C=O) groups excluding carboxylic acids is 3. The molecule has 10 heteroatoms. The van der Waals surface area contributed by atoms with Crippen LogP contribution < -0.4 is 0 Å². The first-order chi connectivity index (χ1) is 13.8. The average Bonchev–Trinajstić information content (AvgIpc) is 3.32. The number of ether oxygens (including phenoxy) is 4. The van der Waals surface area contributed by atoms with E-state index in [1.54, 1.807) is 0 Å². The van der Waals surface area contributed by atoms with Crippen LogP contribution in [0, 0.1) is 28.1 Å². The molecular weight excluding hydrogens is 400 g/mol. The smallest absolute Gasteiger partial charge is 0.342 e. The third-order valence-electron chi connectivity index (χ3n) is 8.91. The fourth-order valence-corrected chi connectivity index (χ4v) is 8.22. The molecule has 6 fully saturated rings. The maximum atomic E-state index is 13.4. The number of aliphatic hydroxyl groups excluding tert-OH is 2. The molecule has 10 nitrogen and oxygen atoms in total. The molecule has 2 spiro atoms. The van der Waals surface area contributed by atoms with Gasteiger partial charge in [0.15, 0.2) is 11.7 Å². The molecule has 11 atom stereocenters. The molecule has 2 aliphatic carbocycles. The molecule has 0 aromatic heterocycles. The Balaban J connectivity index is 1.71. The van der Waals surface area contributed by atoms with Gasteiger partial charge in [-0.2, -0.15) is 0 Å². The number of rotatable bonds is 0. The Labute approximate surface area is 171 Å². The lowest BCUT2D eigenvalue weighted by Crippen LogP contribution is -2.66. The topological polar surface area (TPSA) is 149 Å². The summed E-state index contributed by atoms with van der Waals surface area (Å²) in [6, 6.07) is 0. The van der Waals surface area contributed by atoms with Crippen molar-refractivity contribution in [1.82, 2.24) is 0 Å². The molecule has 0 aromatic rings. The number of carbonyl (C=O) groups is 3. The van der Waals surface area contributed by atoms with Crippen molar-refractivity contribution in [2.45, 2.75) is 76.0 Å². The highest BCUT2D eigenvalue weighted by molar-refractivity contribution is 5.93. The van der Waals surface area contributed by atoms with Crippen molar-refractivity contribution in [3.63, 3.8) is 0 Å². The van der Waals surface area contributed by atoms with Crippen LogP contribution in [0.5, 0.6) is 0 Å². The fraction of sp³-hybridized carbons (Fsp3) is 0.850. The predicted molar refractivity (Wildman–Crippen MR) is 92.0 cm³/mol. The molecule has 1 unspecified atom stereocenters. The predicted octanol–water partition coefficient (Wildman–Crippen LogP) is -1.37. The number of hydrogen-bond donors (Lipinski definition) is 3. The fourth-order valence-electron chi connectivity index (χ4n) is 8.22. The van der Waals surface area contributed by atoms with E-state index in [1.165, 1.54) is 6.92 Å². The van der Waals surface area contributed by atoms with E-state index in [1.807, 2.05) is 20.8 Å². The summed E-state index contributed by atoms with van der Waals surface area (Å²) in [6.07, 6.45) is -6.73. The second-order valence-electron chi connectivity index (χ2n) is 10.7. The Bertz CT molecular complexity index is 925. The molecule has 0 aromatic carbocycles. The van der Waals surface area contributed by atoms with Crippen molar-refractivity contribution < 1.29 is 48.7 Å². The third kappa shape index (κ3) is 1.35. The second kappa shape index (κ2) is 4.69. The summed E-state index contributed by atoms with van der Waals surface area (Å²) in [5, 5.41) is 34.4. The maximum absolute atomic E-state index is 13.4. The molecule has 6 rings (SSSR count). The third-order valence-corrected chi connectivity index (χ3v) is 8.91. The number of fused-ring (bicyclic) bond motifs is 1. The van der Waals surface area contributed by atoms with Gasteiger partial charge in [-0.1, -0.05) is 20.8 Å². The first-order valence-corrected chi connectivity index (χ1v) is 10.2. The van der Waals surface area contributed by atoms with Gasteiger partial charge in [0.25, 0.3) is 0 Å². The van der Waals surface area contributed by atoms with Gasteiger partial charge in [-0.3, -0.25) is 4.79 Å². The van der Waals surface area contributed by atoms with E-state index in [0.717, 1.165) is 0 Å². The van der Waals surface area contributed by atoms with Crippen molar-refractivity contribution in [3.8, 4) is 0 Å². The number of aliphatic hydroxyl groups is 3. The Morgan fingerprint density at radius 1 is 1.03 bits per heavy atom. The van der Waals surface area contributed by atoms with Gasteiger partial charge < -0.3 is 34.3 Å². The molecule has 164 valence electrons. The zero-order valence-corrected chi connectivity index (χ0v) is 16.9. The van der Waals surface area contributed by atoms with Crippen molar-refractivity contribution in [3.05, 3.63) is 0 Å². The monoisotopic (exact) mass is 424 g/mol. The standard InChI is InChI=1S/C20H24O10/c1-6-12(23)27-7-5-17-11-8(21)9(16(2,3)4)18(17)10(22)13(24)29-15(18)30-20(17,14(25)28-11)19(6,7)26/h6-11,15,21-22,26H,5H2,1-4H3/t6-,7+,8-,9+,10+,11-,15?,17-,18+,19-,20-/m1/s1. The Morgan fingerprint density at radius 3 is 2.33 bits per heavy atom. The zero-order valence-electron chi connectivity index (χ0n) is 16.9. The van der Waals surface area contributed by atoms with Gasteiger partial charge in [-0.05, 0) is 12.3 Å². The van der Waals surface area contributed by atoms with Crippen LogP contribution >= 0.6 is 0 Å². The summed E-state index contributed by atoms with van der Waals surface area (Å²) in [6.45, 7) is 6.97. The van der Waals surface area contributed by atoms with E-state index in [4.69, 9.17) is 18.9 Å². The molecule has 3 N–H and O–H groups in total. The average molecular weight is 424 g/mol. The van der Waals surface area contributed by atoms with Crippen molar-refractivity contribution in [1.29, 1.82) is 0 Å². The summed E-state index contributed by atoms with van der Waals surface area (Å²) in [7, 11) is 0. The normalized spacial score (nSPS) is 60.1. The number of esters is 3. The van der Waals surface area contributed by atoms with Gasteiger partial charge in [0.1, 0.15) is 12.2 Å². The molecule has 4 aliphatic heterocycles. The van der Waals surface area contributed by atoms with Gasteiger partial charge in [0, 0.05) is 12.3 Å². The van der Waals surface area contributed by atoms with Crippen LogP contribution in [0.1, 0.15) is 34.1 Å². The van der Waals surface area contributed by atoms with Crippen molar-refractivity contribution in [2.75, 3.05) is 0 Å². The Hall–Kier alpha value is -1.75. The van der Waals surface area contributed by atoms with E-state index < -0.39 is 87.9 Å². The molecule has 30 heavy (non-hydrogen) atoms. The highest BCUT2D eigenvalue weighted by atomic mass is 16.8. The molecule has 0 amide bonds. The van der Waals surface area contributed by atoms with Gasteiger partial charge >= 0.3 is 17.9 Å². The van der Waals surface area contributed by atoms with Crippen LogP contribution in [0.3, 0.4) is 0 Å². The highest BCUT2D eigenvalue weighted by Gasteiger charge is 3.02. The molecule has 0 bridgehead atoms. The summed E-state index contributed by atoms with van der Waals surface area (Å²) in [5.74, 6) is -4.43. The molecule has 4 heterocycles.